The van der Waals surface area contributed by atoms with Crippen molar-refractivity contribution in [3.63, 3.8) is 0 Å². The molecule has 3 heterocycles. The van der Waals surface area contributed by atoms with Crippen molar-refractivity contribution >= 4 is 34.1 Å². The summed E-state index contributed by atoms with van der Waals surface area (Å²) in [6, 6.07) is 26.8. The van der Waals surface area contributed by atoms with Gasteiger partial charge < -0.3 is 4.90 Å². The Morgan fingerprint density at radius 1 is 0.771 bits per heavy atom. The lowest BCUT2D eigenvalue weighted by molar-refractivity contribution is 0.285. The second-order valence-corrected chi connectivity index (χ2v) is 9.48. The van der Waals surface area contributed by atoms with Crippen molar-refractivity contribution in [1.29, 1.82) is 0 Å². The van der Waals surface area contributed by atoms with Gasteiger partial charge >= 0.3 is 0 Å². The summed E-state index contributed by atoms with van der Waals surface area (Å²) in [5.74, 6) is 1.84. The van der Waals surface area contributed by atoms with Crippen LogP contribution in [0.4, 0.5) is 5.95 Å². The molecule has 1 fully saturated rings. The van der Waals surface area contributed by atoms with Gasteiger partial charge in [0, 0.05) is 49.6 Å². The lowest BCUT2D eigenvalue weighted by Crippen LogP contribution is -2.32. The van der Waals surface area contributed by atoms with Gasteiger partial charge in [-0.3, -0.25) is 4.90 Å². The number of benzene rings is 3. The number of hydrogen-bond donors (Lipinski definition) is 0. The first-order valence-electron chi connectivity index (χ1n) is 12.1. The Labute approximate surface area is 209 Å². The van der Waals surface area contributed by atoms with Crippen LogP contribution in [-0.2, 0) is 13.0 Å². The van der Waals surface area contributed by atoms with Gasteiger partial charge in [0.05, 0.1) is 5.52 Å². The third-order valence-corrected chi connectivity index (χ3v) is 7.09. The molecule has 1 saturated heterocycles. The van der Waals surface area contributed by atoms with Crippen LogP contribution in [0.2, 0.25) is 5.02 Å². The highest BCUT2D eigenvalue weighted by Gasteiger charge is 2.22. The zero-order valence-corrected chi connectivity index (χ0v) is 20.3. The number of nitrogens with zero attached hydrogens (tertiary/aromatic N) is 6. The smallest absolute Gasteiger partial charge is 0.213 e. The van der Waals surface area contributed by atoms with Crippen LogP contribution in [0.5, 0.6) is 0 Å². The summed E-state index contributed by atoms with van der Waals surface area (Å²) in [6.45, 7) is 4.64. The van der Waals surface area contributed by atoms with E-state index in [0.717, 1.165) is 72.5 Å². The van der Waals surface area contributed by atoms with Crippen molar-refractivity contribution in [1.82, 2.24) is 24.5 Å². The van der Waals surface area contributed by atoms with E-state index in [9.17, 15) is 0 Å². The van der Waals surface area contributed by atoms with Crippen LogP contribution in [0, 0.1) is 0 Å². The van der Waals surface area contributed by atoms with Crippen molar-refractivity contribution < 1.29 is 0 Å². The van der Waals surface area contributed by atoms with Crippen molar-refractivity contribution in [2.75, 3.05) is 31.1 Å². The van der Waals surface area contributed by atoms with Crippen LogP contribution < -0.4 is 4.90 Å². The number of fused-ring (bicyclic) bond motifs is 3. The fourth-order valence-electron chi connectivity index (χ4n) is 4.92. The van der Waals surface area contributed by atoms with Crippen LogP contribution in [0.3, 0.4) is 0 Å². The number of anilines is 1. The Morgan fingerprint density at radius 3 is 2.46 bits per heavy atom. The van der Waals surface area contributed by atoms with E-state index in [1.165, 1.54) is 11.1 Å². The Bertz CT molecular complexity index is 1460. The Hall–Kier alpha value is -3.48. The molecule has 0 bridgehead atoms. The molecule has 6 nitrogen and oxygen atoms in total. The van der Waals surface area contributed by atoms with Crippen molar-refractivity contribution in [2.24, 2.45) is 0 Å². The number of halogens is 1. The lowest BCUT2D eigenvalue weighted by Gasteiger charge is -2.24. The molecule has 0 amide bonds. The van der Waals surface area contributed by atoms with Gasteiger partial charge in [-0.25, -0.2) is 9.38 Å². The molecule has 0 N–H and O–H groups in total. The molecular weight excluding hydrogens is 456 g/mol. The summed E-state index contributed by atoms with van der Waals surface area (Å²) in [7, 11) is 0. The molecular formula is C28H27ClN6. The molecule has 0 saturated carbocycles. The van der Waals surface area contributed by atoms with Crippen molar-refractivity contribution in [2.45, 2.75) is 19.4 Å². The predicted octanol–water partition coefficient (Wildman–Crippen LogP) is 5.23. The molecule has 0 unspecified atom stereocenters. The molecule has 0 atom stereocenters. The SMILES string of the molecule is Clc1ccccc1CN1CCCN(c2nc3ccccc3c3nnc(Cc4ccccc4)n23)CC1. The summed E-state index contributed by atoms with van der Waals surface area (Å²) in [4.78, 5) is 10.0. The number of rotatable bonds is 5. The molecule has 6 rings (SSSR count). The Kier molecular flexibility index (Phi) is 6.06. The van der Waals surface area contributed by atoms with Gasteiger partial charge in [-0.05, 0) is 35.7 Å². The zero-order chi connectivity index (χ0) is 23.6. The van der Waals surface area contributed by atoms with Gasteiger partial charge in [0.25, 0.3) is 0 Å². The average molecular weight is 483 g/mol. The van der Waals surface area contributed by atoms with E-state index in [-0.39, 0.29) is 0 Å². The summed E-state index contributed by atoms with van der Waals surface area (Å²) < 4.78 is 2.17. The van der Waals surface area contributed by atoms with Gasteiger partial charge in [0.2, 0.25) is 5.95 Å². The zero-order valence-electron chi connectivity index (χ0n) is 19.5. The molecule has 2 aromatic heterocycles. The van der Waals surface area contributed by atoms with Crippen LogP contribution in [0.15, 0.2) is 78.9 Å². The van der Waals surface area contributed by atoms with Crippen LogP contribution in [0.25, 0.3) is 16.6 Å². The summed E-state index contributed by atoms with van der Waals surface area (Å²) in [6.07, 6.45) is 1.76. The number of para-hydroxylation sites is 1. The molecule has 35 heavy (non-hydrogen) atoms. The first-order chi connectivity index (χ1) is 17.3. The average Bonchev–Trinajstić information content (AvgIpc) is 3.16. The lowest BCUT2D eigenvalue weighted by atomic mass is 10.1. The van der Waals surface area contributed by atoms with E-state index in [0.29, 0.717) is 6.42 Å². The second-order valence-electron chi connectivity index (χ2n) is 9.07. The highest BCUT2D eigenvalue weighted by atomic mass is 35.5. The Morgan fingerprint density at radius 2 is 1.57 bits per heavy atom. The van der Waals surface area contributed by atoms with Gasteiger partial charge in [0.1, 0.15) is 5.82 Å². The third kappa shape index (κ3) is 4.47. The highest BCUT2D eigenvalue weighted by Crippen LogP contribution is 2.26. The summed E-state index contributed by atoms with van der Waals surface area (Å²) in [5, 5.41) is 11.1. The van der Waals surface area contributed by atoms with Crippen LogP contribution in [-0.4, -0.2) is 50.7 Å². The highest BCUT2D eigenvalue weighted by molar-refractivity contribution is 6.31. The third-order valence-electron chi connectivity index (χ3n) is 6.72. The maximum Gasteiger partial charge on any atom is 0.213 e. The minimum atomic E-state index is 0.710. The van der Waals surface area contributed by atoms with E-state index in [1.54, 1.807) is 0 Å². The molecule has 7 heteroatoms. The molecule has 176 valence electrons. The molecule has 5 aromatic rings. The minimum Gasteiger partial charge on any atom is -0.341 e. The van der Waals surface area contributed by atoms with E-state index in [2.05, 4.69) is 72.9 Å². The normalized spacial score (nSPS) is 15.1. The predicted molar refractivity (Wildman–Crippen MR) is 141 cm³/mol. The quantitative estimate of drug-likeness (QED) is 0.343. The van der Waals surface area contributed by atoms with E-state index in [1.807, 2.05) is 30.3 Å². The monoisotopic (exact) mass is 482 g/mol. The molecule has 1 aliphatic heterocycles. The van der Waals surface area contributed by atoms with Crippen LogP contribution >= 0.6 is 11.6 Å². The fourth-order valence-corrected chi connectivity index (χ4v) is 5.12. The van der Waals surface area contributed by atoms with Gasteiger partial charge in [-0.2, -0.15) is 0 Å². The van der Waals surface area contributed by atoms with Gasteiger partial charge in [-0.15, -0.1) is 10.2 Å². The topological polar surface area (TPSA) is 49.6 Å². The second kappa shape index (κ2) is 9.64. The molecule has 0 aliphatic carbocycles. The summed E-state index contributed by atoms with van der Waals surface area (Å²) >= 11 is 6.44. The summed E-state index contributed by atoms with van der Waals surface area (Å²) in [5.41, 5.74) is 4.21. The van der Waals surface area contributed by atoms with E-state index in [4.69, 9.17) is 16.6 Å². The largest absolute Gasteiger partial charge is 0.341 e. The van der Waals surface area contributed by atoms with Gasteiger partial charge in [-0.1, -0.05) is 72.3 Å². The Balaban J connectivity index is 1.35. The molecule has 1 aliphatic rings. The van der Waals surface area contributed by atoms with E-state index >= 15 is 0 Å². The standard InChI is InChI=1S/C28H27ClN6/c29-24-13-6-4-11-22(24)20-33-15-8-16-34(18-17-33)28-30-25-14-7-5-12-23(25)27-32-31-26(35(27)28)19-21-9-2-1-3-10-21/h1-7,9-14H,8,15-20H2. The first-order valence-corrected chi connectivity index (χ1v) is 12.5. The molecule has 0 spiro atoms. The molecule has 0 radical (unpaired) electrons. The fraction of sp³-hybridized carbons (Fsp3) is 0.250. The van der Waals surface area contributed by atoms with Crippen LogP contribution in [0.1, 0.15) is 23.4 Å². The number of aromatic nitrogens is 4. The van der Waals surface area contributed by atoms with E-state index < -0.39 is 0 Å². The minimum absolute atomic E-state index is 0.710. The molecule has 3 aromatic carbocycles. The van der Waals surface area contributed by atoms with Gasteiger partial charge in [0.15, 0.2) is 5.65 Å². The maximum atomic E-state index is 6.44. The van der Waals surface area contributed by atoms with Crippen molar-refractivity contribution in [3.05, 3.63) is 101 Å². The maximum absolute atomic E-state index is 6.44. The van der Waals surface area contributed by atoms with Crippen molar-refractivity contribution in [3.8, 4) is 0 Å². The first kappa shape index (κ1) is 22.0. The number of hydrogen-bond acceptors (Lipinski definition) is 5.